The molecule has 0 fully saturated rings. The maximum Gasteiger partial charge on any atom is 0.473 e. The minimum Gasteiger partial charge on any atom is -0.366 e. The van der Waals surface area contributed by atoms with Crippen LogP contribution in [0.1, 0.15) is 10.4 Å². The normalized spacial score (nSPS) is 11.1. The second-order valence-electron chi connectivity index (χ2n) is 3.16. The summed E-state index contributed by atoms with van der Waals surface area (Å²) in [4.78, 5) is 26.5. The molecular weight excluding hydrogens is 253 g/mol. The van der Waals surface area contributed by atoms with Gasteiger partial charge in [0, 0.05) is 0 Å². The quantitative estimate of drug-likeness (QED) is 0.833. The first-order valence-electron chi connectivity index (χ1n) is 4.63. The number of nitrogens with two attached hydrogens (primary N) is 1. The fraction of sp³-hybridized carbons (Fsp3) is 0.200. The van der Waals surface area contributed by atoms with Crippen LogP contribution >= 0.6 is 0 Å². The average molecular weight is 262 g/mol. The van der Waals surface area contributed by atoms with Gasteiger partial charge in [0.15, 0.2) is 0 Å². The van der Waals surface area contributed by atoms with Crippen molar-refractivity contribution in [3.8, 4) is 0 Å². The predicted octanol–water partition coefficient (Wildman–Crippen LogP) is 1.24. The van der Waals surface area contributed by atoms with Gasteiger partial charge in [-0.05, 0) is 12.1 Å². The molecule has 5 nitrogen and oxygen atoms in total. The molecule has 0 aromatic heterocycles. The minimum atomic E-state index is -5.12. The molecule has 1 rings (SSSR count). The maximum absolute atomic E-state index is 12.3. The van der Waals surface area contributed by atoms with Crippen LogP contribution in [0.5, 0.6) is 0 Å². The number of alkyl halides is 3. The standard InChI is InChI=1S/C10H9F3N2O3/c1-18-15(9(17)10(11,12)13)7-5-3-2-4-6(7)8(14)16/h2-5H,1H3,(H2,14,16). The van der Waals surface area contributed by atoms with Gasteiger partial charge in [0.1, 0.15) is 0 Å². The van der Waals surface area contributed by atoms with Gasteiger partial charge in [-0.15, -0.1) is 0 Å². The van der Waals surface area contributed by atoms with Crippen LogP contribution in [-0.2, 0) is 9.63 Å². The highest BCUT2D eigenvalue weighted by Gasteiger charge is 2.44. The Morgan fingerprint density at radius 3 is 2.28 bits per heavy atom. The summed E-state index contributed by atoms with van der Waals surface area (Å²) >= 11 is 0. The third-order valence-corrected chi connectivity index (χ3v) is 2.00. The Morgan fingerprint density at radius 2 is 1.83 bits per heavy atom. The average Bonchev–Trinajstić information content (AvgIpc) is 2.29. The summed E-state index contributed by atoms with van der Waals surface area (Å²) in [6.45, 7) is 0. The van der Waals surface area contributed by atoms with Gasteiger partial charge in [0.2, 0.25) is 0 Å². The lowest BCUT2D eigenvalue weighted by molar-refractivity contribution is -0.177. The Labute approximate surface area is 99.9 Å². The lowest BCUT2D eigenvalue weighted by atomic mass is 10.1. The van der Waals surface area contributed by atoms with E-state index in [0.29, 0.717) is 0 Å². The van der Waals surface area contributed by atoms with Crippen LogP contribution in [0.4, 0.5) is 18.9 Å². The largest absolute Gasteiger partial charge is 0.473 e. The van der Waals surface area contributed by atoms with E-state index in [1.165, 1.54) is 18.2 Å². The van der Waals surface area contributed by atoms with Gasteiger partial charge in [-0.25, -0.2) is 0 Å². The number of halogens is 3. The van der Waals surface area contributed by atoms with Crippen molar-refractivity contribution >= 4 is 17.5 Å². The summed E-state index contributed by atoms with van der Waals surface area (Å²) in [7, 11) is 0.876. The number of rotatable bonds is 3. The number of hydroxylamine groups is 1. The summed E-state index contributed by atoms with van der Waals surface area (Å²) in [6.07, 6.45) is -5.12. The van der Waals surface area contributed by atoms with Crippen molar-refractivity contribution in [3.05, 3.63) is 29.8 Å². The number of amides is 2. The molecule has 0 heterocycles. The number of benzene rings is 1. The fourth-order valence-electron chi connectivity index (χ4n) is 1.26. The SMILES string of the molecule is CON(C(=O)C(F)(F)F)c1ccccc1C(N)=O. The van der Waals surface area contributed by atoms with Crippen LogP contribution in [0.15, 0.2) is 24.3 Å². The molecule has 0 unspecified atom stereocenters. The highest BCUT2D eigenvalue weighted by Crippen LogP contribution is 2.26. The monoisotopic (exact) mass is 262 g/mol. The number of primary amides is 1. The number of nitrogens with zero attached hydrogens (tertiary/aromatic N) is 1. The van der Waals surface area contributed by atoms with E-state index in [4.69, 9.17) is 5.73 Å². The molecule has 18 heavy (non-hydrogen) atoms. The van der Waals surface area contributed by atoms with E-state index >= 15 is 0 Å². The molecule has 0 aliphatic heterocycles. The molecule has 0 radical (unpaired) electrons. The van der Waals surface area contributed by atoms with Gasteiger partial charge in [-0.1, -0.05) is 12.1 Å². The van der Waals surface area contributed by atoms with Crippen molar-refractivity contribution in [3.63, 3.8) is 0 Å². The lowest BCUT2D eigenvalue weighted by Crippen LogP contribution is -2.41. The number of hydrogen-bond acceptors (Lipinski definition) is 3. The van der Waals surface area contributed by atoms with Crippen LogP contribution in [-0.4, -0.2) is 25.1 Å². The molecule has 98 valence electrons. The van der Waals surface area contributed by atoms with Crippen molar-refractivity contribution in [2.75, 3.05) is 12.2 Å². The first kappa shape index (κ1) is 14.0. The third-order valence-electron chi connectivity index (χ3n) is 2.00. The number of carbonyl (C=O) groups excluding carboxylic acids is 2. The number of hydrogen-bond donors (Lipinski definition) is 1. The Hall–Kier alpha value is -2.09. The molecule has 0 aliphatic carbocycles. The molecule has 0 spiro atoms. The van der Waals surface area contributed by atoms with Crippen LogP contribution in [0.25, 0.3) is 0 Å². The van der Waals surface area contributed by atoms with E-state index in [1.807, 2.05) is 0 Å². The van der Waals surface area contributed by atoms with Crippen molar-refractivity contribution in [1.29, 1.82) is 0 Å². The molecule has 2 amide bonds. The Morgan fingerprint density at radius 1 is 1.28 bits per heavy atom. The number of anilines is 1. The van der Waals surface area contributed by atoms with Crippen molar-refractivity contribution in [2.45, 2.75) is 6.18 Å². The Bertz CT molecular complexity index is 474. The van der Waals surface area contributed by atoms with Gasteiger partial charge in [-0.2, -0.15) is 18.2 Å². The van der Waals surface area contributed by atoms with E-state index in [2.05, 4.69) is 4.84 Å². The summed E-state index contributed by atoms with van der Waals surface area (Å²) in [5, 5.41) is -0.0277. The van der Waals surface area contributed by atoms with Crippen LogP contribution < -0.4 is 10.8 Å². The third kappa shape index (κ3) is 2.77. The van der Waals surface area contributed by atoms with Crippen LogP contribution in [0.2, 0.25) is 0 Å². The van der Waals surface area contributed by atoms with Gasteiger partial charge >= 0.3 is 12.1 Å². The smallest absolute Gasteiger partial charge is 0.366 e. The highest BCUT2D eigenvalue weighted by atomic mass is 19.4. The van der Waals surface area contributed by atoms with Gasteiger partial charge in [0.05, 0.1) is 18.4 Å². The maximum atomic E-state index is 12.3. The summed E-state index contributed by atoms with van der Waals surface area (Å²) in [5.74, 6) is -3.22. The lowest BCUT2D eigenvalue weighted by Gasteiger charge is -2.22. The zero-order chi connectivity index (χ0) is 13.9. The highest BCUT2D eigenvalue weighted by molar-refractivity contribution is 6.04. The van der Waals surface area contributed by atoms with Crippen LogP contribution in [0.3, 0.4) is 0 Å². The molecule has 0 bridgehead atoms. The second-order valence-corrected chi connectivity index (χ2v) is 3.16. The minimum absolute atomic E-state index is 0.0277. The molecule has 2 N–H and O–H groups in total. The number of carbonyl (C=O) groups is 2. The van der Waals surface area contributed by atoms with E-state index in [-0.39, 0.29) is 16.3 Å². The predicted molar refractivity (Wildman–Crippen MR) is 55.5 cm³/mol. The van der Waals surface area contributed by atoms with Gasteiger partial charge in [-0.3, -0.25) is 14.4 Å². The summed E-state index contributed by atoms with van der Waals surface area (Å²) < 4.78 is 37.0. The Kier molecular flexibility index (Phi) is 3.92. The van der Waals surface area contributed by atoms with Gasteiger partial charge in [0.25, 0.3) is 5.91 Å². The zero-order valence-corrected chi connectivity index (χ0v) is 9.19. The van der Waals surface area contributed by atoms with Crippen molar-refractivity contribution < 1.29 is 27.6 Å². The van der Waals surface area contributed by atoms with E-state index < -0.39 is 18.0 Å². The zero-order valence-electron chi connectivity index (χ0n) is 9.19. The van der Waals surface area contributed by atoms with E-state index in [9.17, 15) is 22.8 Å². The summed E-state index contributed by atoms with van der Waals surface area (Å²) in [5.41, 5.74) is 4.38. The van der Waals surface area contributed by atoms with Crippen LogP contribution in [0, 0.1) is 0 Å². The van der Waals surface area contributed by atoms with Crippen molar-refractivity contribution in [2.24, 2.45) is 5.73 Å². The van der Waals surface area contributed by atoms with Gasteiger partial charge < -0.3 is 5.73 Å². The molecule has 0 aliphatic rings. The molecule has 0 saturated heterocycles. The molecule has 1 aromatic carbocycles. The first-order valence-corrected chi connectivity index (χ1v) is 4.63. The van der Waals surface area contributed by atoms with E-state index in [0.717, 1.165) is 13.2 Å². The molecule has 0 saturated carbocycles. The molecule has 8 heteroatoms. The Balaban J connectivity index is 3.26. The molecular formula is C10H9F3N2O3. The fourth-order valence-corrected chi connectivity index (χ4v) is 1.26. The van der Waals surface area contributed by atoms with Crippen molar-refractivity contribution in [1.82, 2.24) is 0 Å². The topological polar surface area (TPSA) is 72.6 Å². The molecule has 0 atom stereocenters. The number of para-hydroxylation sites is 1. The molecule has 1 aromatic rings. The first-order chi connectivity index (χ1) is 8.29. The van der Waals surface area contributed by atoms with E-state index in [1.54, 1.807) is 0 Å². The second kappa shape index (κ2) is 5.05. The summed E-state index contributed by atoms with van der Waals surface area (Å²) in [6, 6.07) is 5.05.